The molecule has 0 aliphatic carbocycles. The van der Waals surface area contributed by atoms with Crippen molar-refractivity contribution in [3.05, 3.63) is 0 Å². The highest BCUT2D eigenvalue weighted by Crippen LogP contribution is 1.95. The molecule has 0 radical (unpaired) electrons. The highest BCUT2D eigenvalue weighted by atomic mass is 32.1. The van der Waals surface area contributed by atoms with Gasteiger partial charge in [-0.05, 0) is 12.2 Å². The van der Waals surface area contributed by atoms with E-state index in [4.69, 9.17) is 10.2 Å². The lowest BCUT2D eigenvalue weighted by molar-refractivity contribution is 0.263. The molecule has 0 aromatic heterocycles. The number of aliphatic hydroxyl groups is 2. The molecule has 2 N–H and O–H groups in total. The minimum atomic E-state index is -0.484. The van der Waals surface area contributed by atoms with Gasteiger partial charge in [0.1, 0.15) is 0 Å². The molecular weight excluding hydrogens is 144 g/mol. The maximum Gasteiger partial charge on any atom is 0.0972 e. The maximum absolute atomic E-state index is 8.37. The Morgan fingerprint density at radius 2 is 1.88 bits per heavy atom. The van der Waals surface area contributed by atoms with Crippen LogP contribution in [0.5, 0.6) is 0 Å². The first-order valence-corrected chi connectivity index (χ1v) is 3.34. The van der Waals surface area contributed by atoms with Gasteiger partial charge in [0.25, 0.3) is 0 Å². The third-order valence-corrected chi connectivity index (χ3v) is 0.904. The Balaban J connectivity index is 0. The molecule has 0 aliphatic rings. The van der Waals surface area contributed by atoms with Crippen LogP contribution >= 0.6 is 25.3 Å². The summed E-state index contributed by atoms with van der Waals surface area (Å²) in [6.45, 7) is 0. The average Bonchev–Trinajstić information content (AvgIpc) is 1.72. The van der Waals surface area contributed by atoms with Gasteiger partial charge in [0.05, 0.1) is 5.44 Å². The standard InChI is InChI=1S/C3H8OS2.CH4O/c4-3(6)1-2-5;1-2/h3-6H,1-2H2;2H,1H3. The van der Waals surface area contributed by atoms with Crippen molar-refractivity contribution in [3.8, 4) is 0 Å². The van der Waals surface area contributed by atoms with E-state index < -0.39 is 5.44 Å². The molecule has 0 aromatic rings. The molecule has 0 fully saturated rings. The summed E-state index contributed by atoms with van der Waals surface area (Å²) in [6.07, 6.45) is 0.659. The summed E-state index contributed by atoms with van der Waals surface area (Å²) in [5, 5.41) is 15.4. The van der Waals surface area contributed by atoms with E-state index in [2.05, 4.69) is 25.3 Å². The third-order valence-electron chi connectivity index (χ3n) is 0.387. The molecule has 52 valence electrons. The summed E-state index contributed by atoms with van der Waals surface area (Å²) in [4.78, 5) is 0. The molecule has 0 aromatic carbocycles. The Labute approximate surface area is 60.7 Å². The first kappa shape index (κ1) is 11.4. The van der Waals surface area contributed by atoms with E-state index in [1.165, 1.54) is 0 Å². The SMILES string of the molecule is CO.OC(S)CCS. The normalized spacial score (nSPS) is 11.6. The van der Waals surface area contributed by atoms with Gasteiger partial charge in [0.15, 0.2) is 0 Å². The summed E-state index contributed by atoms with van der Waals surface area (Å²) in [7, 11) is 1.00. The van der Waals surface area contributed by atoms with Crippen molar-refractivity contribution >= 4 is 25.3 Å². The van der Waals surface area contributed by atoms with Gasteiger partial charge < -0.3 is 10.2 Å². The monoisotopic (exact) mass is 156 g/mol. The van der Waals surface area contributed by atoms with Crippen LogP contribution in [-0.4, -0.2) is 28.5 Å². The fraction of sp³-hybridized carbons (Fsp3) is 1.00. The number of aliphatic hydroxyl groups excluding tert-OH is 2. The van der Waals surface area contributed by atoms with Gasteiger partial charge in [-0.1, -0.05) is 0 Å². The van der Waals surface area contributed by atoms with Crippen LogP contribution in [0.1, 0.15) is 6.42 Å². The molecule has 0 rings (SSSR count). The van der Waals surface area contributed by atoms with E-state index in [0.29, 0.717) is 12.2 Å². The first-order valence-electron chi connectivity index (χ1n) is 2.19. The summed E-state index contributed by atoms with van der Waals surface area (Å²) in [5.74, 6) is 0.699. The van der Waals surface area contributed by atoms with Crippen LogP contribution in [0, 0.1) is 0 Å². The predicted octanol–water partition coefficient (Wildman–Crippen LogP) is 0.163. The lowest BCUT2D eigenvalue weighted by Gasteiger charge is -1.94. The van der Waals surface area contributed by atoms with Crippen LogP contribution in [0.3, 0.4) is 0 Å². The molecule has 0 saturated heterocycles. The molecule has 8 heavy (non-hydrogen) atoms. The van der Waals surface area contributed by atoms with E-state index in [1.54, 1.807) is 0 Å². The summed E-state index contributed by atoms with van der Waals surface area (Å²) < 4.78 is 0. The van der Waals surface area contributed by atoms with Gasteiger partial charge in [-0.3, -0.25) is 0 Å². The van der Waals surface area contributed by atoms with Crippen molar-refractivity contribution in [2.45, 2.75) is 11.9 Å². The predicted molar refractivity (Wildman–Crippen MR) is 41.6 cm³/mol. The zero-order valence-electron chi connectivity index (χ0n) is 4.78. The number of hydrogen-bond donors (Lipinski definition) is 4. The number of hydrogen-bond acceptors (Lipinski definition) is 4. The van der Waals surface area contributed by atoms with E-state index in [9.17, 15) is 0 Å². The maximum atomic E-state index is 8.37. The van der Waals surface area contributed by atoms with Gasteiger partial charge >= 0.3 is 0 Å². The van der Waals surface area contributed by atoms with Crippen LogP contribution in [0.25, 0.3) is 0 Å². The molecule has 1 atom stereocenters. The summed E-state index contributed by atoms with van der Waals surface area (Å²) in [6, 6.07) is 0. The highest BCUT2D eigenvalue weighted by molar-refractivity contribution is 7.81. The summed E-state index contributed by atoms with van der Waals surface area (Å²) >= 11 is 7.54. The van der Waals surface area contributed by atoms with Crippen LogP contribution in [0.2, 0.25) is 0 Å². The van der Waals surface area contributed by atoms with Crippen molar-refractivity contribution in [3.63, 3.8) is 0 Å². The Morgan fingerprint density at radius 3 is 1.88 bits per heavy atom. The molecule has 4 heteroatoms. The minimum absolute atomic E-state index is 0.484. The van der Waals surface area contributed by atoms with Crippen molar-refractivity contribution < 1.29 is 10.2 Å². The van der Waals surface area contributed by atoms with Gasteiger partial charge in [-0.25, -0.2) is 0 Å². The second-order valence-corrected chi connectivity index (χ2v) is 2.04. The number of rotatable bonds is 2. The largest absolute Gasteiger partial charge is 0.400 e. The van der Waals surface area contributed by atoms with E-state index in [1.807, 2.05) is 0 Å². The molecule has 1 unspecified atom stereocenters. The smallest absolute Gasteiger partial charge is 0.0972 e. The van der Waals surface area contributed by atoms with Crippen LogP contribution in [-0.2, 0) is 0 Å². The van der Waals surface area contributed by atoms with Crippen molar-refractivity contribution in [2.24, 2.45) is 0 Å². The molecule has 0 bridgehead atoms. The molecule has 2 nitrogen and oxygen atoms in total. The second-order valence-electron chi connectivity index (χ2n) is 0.993. The van der Waals surface area contributed by atoms with Crippen LogP contribution in [0.15, 0.2) is 0 Å². The van der Waals surface area contributed by atoms with Gasteiger partial charge in [-0.2, -0.15) is 12.6 Å². The summed E-state index contributed by atoms with van der Waals surface area (Å²) in [5.41, 5.74) is -0.484. The van der Waals surface area contributed by atoms with E-state index in [-0.39, 0.29) is 0 Å². The molecule has 0 aliphatic heterocycles. The Kier molecular flexibility index (Phi) is 15.1. The van der Waals surface area contributed by atoms with Gasteiger partial charge in [0, 0.05) is 7.11 Å². The van der Waals surface area contributed by atoms with Crippen LogP contribution in [0.4, 0.5) is 0 Å². The van der Waals surface area contributed by atoms with Crippen molar-refractivity contribution in [1.29, 1.82) is 0 Å². The fourth-order valence-electron chi connectivity index (χ4n) is 0.115. The zero-order valence-corrected chi connectivity index (χ0v) is 6.57. The first-order chi connectivity index (χ1) is 3.77. The van der Waals surface area contributed by atoms with Gasteiger partial charge in [-0.15, -0.1) is 12.6 Å². The Bertz CT molecular complexity index is 33.2. The minimum Gasteiger partial charge on any atom is -0.400 e. The van der Waals surface area contributed by atoms with Crippen molar-refractivity contribution in [2.75, 3.05) is 12.9 Å². The molecule has 0 spiro atoms. The van der Waals surface area contributed by atoms with Crippen molar-refractivity contribution in [1.82, 2.24) is 0 Å². The molecule has 0 saturated carbocycles. The number of thiol groups is 2. The van der Waals surface area contributed by atoms with Crippen LogP contribution < -0.4 is 0 Å². The topological polar surface area (TPSA) is 40.5 Å². The molecular formula is C4H12O2S2. The fourth-order valence-corrected chi connectivity index (χ4v) is 0.693. The molecule has 0 amide bonds. The quantitative estimate of drug-likeness (QED) is 0.340. The molecule has 0 heterocycles. The zero-order chi connectivity index (χ0) is 6.99. The van der Waals surface area contributed by atoms with Gasteiger partial charge in [0.2, 0.25) is 0 Å². The van der Waals surface area contributed by atoms with E-state index >= 15 is 0 Å². The second kappa shape index (κ2) is 10.6. The average molecular weight is 156 g/mol. The lowest BCUT2D eigenvalue weighted by atomic mass is 10.5. The third kappa shape index (κ3) is 16.0. The van der Waals surface area contributed by atoms with E-state index in [0.717, 1.165) is 7.11 Å². The Hall–Kier alpha value is 0.620. The highest BCUT2D eigenvalue weighted by Gasteiger charge is 1.88. The Morgan fingerprint density at radius 1 is 1.50 bits per heavy atom. The lowest BCUT2D eigenvalue weighted by Crippen LogP contribution is -1.94.